The number of nitrogens with one attached hydrogen (secondary N) is 3. The van der Waals surface area contributed by atoms with Crippen molar-refractivity contribution < 1.29 is 4.39 Å². The molecule has 1 aliphatic heterocycles. The van der Waals surface area contributed by atoms with Crippen LogP contribution in [0.2, 0.25) is 5.02 Å². The Morgan fingerprint density at radius 3 is 2.70 bits per heavy atom. The van der Waals surface area contributed by atoms with Gasteiger partial charge in [0.15, 0.2) is 5.82 Å². The highest BCUT2D eigenvalue weighted by Crippen LogP contribution is 2.31. The van der Waals surface area contributed by atoms with E-state index in [1.807, 2.05) is 30.3 Å². The predicted molar refractivity (Wildman–Crippen MR) is 117 cm³/mol. The lowest BCUT2D eigenvalue weighted by atomic mass is 10.1. The number of fused-ring (bicyclic) bond motifs is 1. The second-order valence-electron chi connectivity index (χ2n) is 7.04. The molecule has 1 aliphatic rings. The summed E-state index contributed by atoms with van der Waals surface area (Å²) in [6.45, 7) is 3.46. The predicted octanol–water partition coefficient (Wildman–Crippen LogP) is 3.97. The number of hydrogen-bond acceptors (Lipinski definition) is 6. The Kier molecular flexibility index (Phi) is 4.94. The van der Waals surface area contributed by atoms with Crippen molar-refractivity contribution in [1.29, 1.82) is 0 Å². The van der Waals surface area contributed by atoms with Gasteiger partial charge in [-0.25, -0.2) is 9.37 Å². The zero-order chi connectivity index (χ0) is 20.5. The summed E-state index contributed by atoms with van der Waals surface area (Å²) in [4.78, 5) is 11.6. The summed E-state index contributed by atoms with van der Waals surface area (Å²) in [6.07, 6.45) is 0. The van der Waals surface area contributed by atoms with Gasteiger partial charge in [-0.15, -0.1) is 0 Å². The topological polar surface area (TPSA) is 81.8 Å². The SMILES string of the molecule is Fc1ccc2[nH]nc(Nc3nc(-c4ccccc4Cl)cc(N4CCNCC4)n3)c2c1. The molecule has 9 heteroatoms. The van der Waals surface area contributed by atoms with Gasteiger partial charge in [-0.2, -0.15) is 10.1 Å². The van der Waals surface area contributed by atoms with Crippen molar-refractivity contribution in [2.45, 2.75) is 0 Å². The van der Waals surface area contributed by atoms with Gasteiger partial charge in [0.2, 0.25) is 5.95 Å². The fourth-order valence-electron chi connectivity index (χ4n) is 3.54. The van der Waals surface area contributed by atoms with E-state index >= 15 is 0 Å². The fraction of sp³-hybridized carbons (Fsp3) is 0.190. The molecular weight excluding hydrogens is 405 g/mol. The molecule has 0 spiro atoms. The summed E-state index contributed by atoms with van der Waals surface area (Å²) in [7, 11) is 0. The van der Waals surface area contributed by atoms with Crippen LogP contribution >= 0.6 is 11.6 Å². The molecule has 0 radical (unpaired) electrons. The van der Waals surface area contributed by atoms with Gasteiger partial charge in [0.05, 0.1) is 11.2 Å². The van der Waals surface area contributed by atoms with Gasteiger partial charge in [0, 0.05) is 48.2 Å². The minimum atomic E-state index is -0.334. The van der Waals surface area contributed by atoms with Crippen LogP contribution in [-0.4, -0.2) is 46.3 Å². The van der Waals surface area contributed by atoms with Crippen molar-refractivity contribution in [3.8, 4) is 11.3 Å². The molecule has 0 aliphatic carbocycles. The first-order valence-electron chi connectivity index (χ1n) is 9.68. The van der Waals surface area contributed by atoms with Crippen molar-refractivity contribution in [2.24, 2.45) is 0 Å². The minimum Gasteiger partial charge on any atom is -0.354 e. The van der Waals surface area contributed by atoms with E-state index in [-0.39, 0.29) is 5.82 Å². The number of H-pyrrole nitrogens is 1. The minimum absolute atomic E-state index is 0.334. The van der Waals surface area contributed by atoms with Crippen LogP contribution in [-0.2, 0) is 0 Å². The number of rotatable bonds is 4. The maximum Gasteiger partial charge on any atom is 0.230 e. The molecule has 4 aromatic rings. The molecular formula is C21H19ClFN7. The molecule has 1 saturated heterocycles. The van der Waals surface area contributed by atoms with Crippen LogP contribution in [0.3, 0.4) is 0 Å². The van der Waals surface area contributed by atoms with Crippen molar-refractivity contribution in [2.75, 3.05) is 36.4 Å². The van der Waals surface area contributed by atoms with Crippen LogP contribution in [0.5, 0.6) is 0 Å². The lowest BCUT2D eigenvalue weighted by Gasteiger charge is -2.28. The molecule has 0 atom stereocenters. The molecule has 3 N–H and O–H groups in total. The Bertz CT molecular complexity index is 1200. The first-order chi connectivity index (χ1) is 14.7. The van der Waals surface area contributed by atoms with Gasteiger partial charge in [0.25, 0.3) is 0 Å². The summed E-state index contributed by atoms with van der Waals surface area (Å²) in [6, 6.07) is 14.0. The summed E-state index contributed by atoms with van der Waals surface area (Å²) in [5.41, 5.74) is 2.25. The second-order valence-corrected chi connectivity index (χ2v) is 7.45. The monoisotopic (exact) mass is 423 g/mol. The largest absolute Gasteiger partial charge is 0.354 e. The third-order valence-corrected chi connectivity index (χ3v) is 5.39. The molecule has 152 valence electrons. The Hall–Kier alpha value is -3.23. The van der Waals surface area contributed by atoms with E-state index in [0.717, 1.165) is 43.1 Å². The number of aromatic nitrogens is 4. The number of hydrogen-bond donors (Lipinski definition) is 3. The molecule has 0 bridgehead atoms. The van der Waals surface area contributed by atoms with Crippen molar-refractivity contribution in [3.05, 3.63) is 59.4 Å². The van der Waals surface area contributed by atoms with Crippen LogP contribution in [0, 0.1) is 5.82 Å². The van der Waals surface area contributed by atoms with E-state index < -0.39 is 0 Å². The van der Waals surface area contributed by atoms with Crippen LogP contribution in [0.15, 0.2) is 48.5 Å². The van der Waals surface area contributed by atoms with Gasteiger partial charge in [0.1, 0.15) is 11.6 Å². The van der Waals surface area contributed by atoms with Crippen LogP contribution in [0.1, 0.15) is 0 Å². The van der Waals surface area contributed by atoms with E-state index in [9.17, 15) is 4.39 Å². The van der Waals surface area contributed by atoms with Gasteiger partial charge in [-0.3, -0.25) is 5.10 Å². The fourth-order valence-corrected chi connectivity index (χ4v) is 3.77. The molecule has 30 heavy (non-hydrogen) atoms. The van der Waals surface area contributed by atoms with Crippen molar-refractivity contribution >= 4 is 40.1 Å². The lowest BCUT2D eigenvalue weighted by molar-refractivity contribution is 0.585. The van der Waals surface area contributed by atoms with Crippen LogP contribution in [0.25, 0.3) is 22.2 Å². The molecule has 0 saturated carbocycles. The first-order valence-corrected chi connectivity index (χ1v) is 10.1. The van der Waals surface area contributed by atoms with Gasteiger partial charge in [-0.05, 0) is 24.3 Å². The Morgan fingerprint density at radius 1 is 1.03 bits per heavy atom. The molecule has 1 fully saturated rings. The molecule has 2 aromatic carbocycles. The number of piperazine rings is 1. The van der Waals surface area contributed by atoms with Crippen LogP contribution < -0.4 is 15.5 Å². The van der Waals surface area contributed by atoms with E-state index in [2.05, 4.69) is 30.7 Å². The Labute approximate surface area is 177 Å². The third-order valence-electron chi connectivity index (χ3n) is 5.06. The summed E-state index contributed by atoms with van der Waals surface area (Å²) in [5, 5.41) is 14.9. The Morgan fingerprint density at radius 2 is 1.87 bits per heavy atom. The van der Waals surface area contributed by atoms with E-state index in [1.165, 1.54) is 12.1 Å². The highest BCUT2D eigenvalue weighted by molar-refractivity contribution is 6.33. The number of nitrogens with zero attached hydrogens (tertiary/aromatic N) is 4. The normalized spacial score (nSPS) is 14.3. The summed E-state index contributed by atoms with van der Waals surface area (Å²) < 4.78 is 13.7. The summed E-state index contributed by atoms with van der Waals surface area (Å²) in [5.74, 6) is 1.31. The molecule has 2 aromatic heterocycles. The van der Waals surface area contributed by atoms with Crippen molar-refractivity contribution in [1.82, 2.24) is 25.5 Å². The zero-order valence-corrected chi connectivity index (χ0v) is 16.7. The van der Waals surface area contributed by atoms with Gasteiger partial charge >= 0.3 is 0 Å². The average Bonchev–Trinajstić information content (AvgIpc) is 3.16. The van der Waals surface area contributed by atoms with E-state index in [1.54, 1.807) is 6.07 Å². The van der Waals surface area contributed by atoms with Crippen molar-refractivity contribution in [3.63, 3.8) is 0 Å². The first kappa shape index (κ1) is 18.8. The number of halogens is 2. The number of anilines is 3. The number of benzene rings is 2. The molecule has 5 rings (SSSR count). The maximum absolute atomic E-state index is 13.7. The Balaban J connectivity index is 1.58. The zero-order valence-electron chi connectivity index (χ0n) is 16.0. The standard InChI is InChI=1S/C21H19ClFN7/c22-16-4-2-1-3-14(16)18-12-19(30-9-7-24-8-10-30)26-21(25-18)27-20-15-11-13(23)5-6-17(15)28-29-20/h1-6,11-12,24H,7-10H2,(H2,25,26,27,28,29). The number of aromatic amines is 1. The highest BCUT2D eigenvalue weighted by Gasteiger charge is 2.17. The van der Waals surface area contributed by atoms with E-state index in [0.29, 0.717) is 27.9 Å². The third kappa shape index (κ3) is 3.67. The molecule has 0 unspecified atom stereocenters. The molecule has 3 heterocycles. The molecule has 0 amide bonds. The summed E-state index contributed by atoms with van der Waals surface area (Å²) >= 11 is 6.42. The quantitative estimate of drug-likeness (QED) is 0.461. The van der Waals surface area contributed by atoms with E-state index in [4.69, 9.17) is 16.6 Å². The van der Waals surface area contributed by atoms with Gasteiger partial charge in [-0.1, -0.05) is 29.8 Å². The smallest absolute Gasteiger partial charge is 0.230 e. The average molecular weight is 424 g/mol. The van der Waals surface area contributed by atoms with Crippen LogP contribution in [0.4, 0.5) is 22.0 Å². The lowest BCUT2D eigenvalue weighted by Crippen LogP contribution is -2.44. The highest BCUT2D eigenvalue weighted by atomic mass is 35.5. The van der Waals surface area contributed by atoms with Gasteiger partial charge < -0.3 is 15.5 Å². The maximum atomic E-state index is 13.7. The second kappa shape index (κ2) is 7.89. The molecule has 7 nitrogen and oxygen atoms in total.